The topological polar surface area (TPSA) is 23.6 Å². The number of anilines is 1. The Morgan fingerprint density at radius 3 is 2.17 bits per heavy atom. The fourth-order valence-corrected chi connectivity index (χ4v) is 3.02. The van der Waals surface area contributed by atoms with Gasteiger partial charge in [0.05, 0.1) is 5.69 Å². The number of likely N-dealkylation sites (N-methyl/N-ethyl adjacent to an activating group) is 1. The van der Waals surface area contributed by atoms with Crippen molar-refractivity contribution >= 4 is 22.4 Å². The number of benzene rings is 2. The zero-order chi connectivity index (χ0) is 16.8. The van der Waals surface area contributed by atoms with Gasteiger partial charge in [-0.2, -0.15) is 0 Å². The fraction of sp³-hybridized carbons (Fsp3) is 0.450. The van der Waals surface area contributed by atoms with E-state index >= 15 is 0 Å². The highest BCUT2D eigenvalue weighted by molar-refractivity contribution is 6.04. The summed E-state index contributed by atoms with van der Waals surface area (Å²) in [6.45, 7) is 12.0. The lowest BCUT2D eigenvalue weighted by molar-refractivity contribution is -0.118. The van der Waals surface area contributed by atoms with Gasteiger partial charge >= 0.3 is 0 Å². The molecule has 124 valence electrons. The van der Waals surface area contributed by atoms with Crippen LogP contribution in [0.5, 0.6) is 0 Å². The molecule has 0 fully saturated rings. The summed E-state index contributed by atoms with van der Waals surface area (Å²) < 4.78 is 0. The summed E-state index contributed by atoms with van der Waals surface area (Å²) in [6, 6.07) is 12.6. The first kappa shape index (κ1) is 17.5. The first-order valence-corrected chi connectivity index (χ1v) is 8.63. The van der Waals surface area contributed by atoms with Crippen molar-refractivity contribution in [2.24, 2.45) is 0 Å². The molecule has 0 aliphatic rings. The van der Waals surface area contributed by atoms with E-state index in [0.717, 1.165) is 37.3 Å². The molecule has 3 heteroatoms. The number of aryl methyl sites for hydroxylation is 1. The average Bonchev–Trinajstić information content (AvgIpc) is 2.60. The third-order valence-corrected chi connectivity index (χ3v) is 4.55. The molecule has 0 heterocycles. The Labute approximate surface area is 139 Å². The maximum atomic E-state index is 12.5. The molecular weight excluding hydrogens is 284 g/mol. The Kier molecular flexibility index (Phi) is 6.17. The minimum atomic E-state index is 0.186. The van der Waals surface area contributed by atoms with Crippen LogP contribution in [0.15, 0.2) is 36.4 Å². The van der Waals surface area contributed by atoms with Crippen LogP contribution in [-0.2, 0) is 4.79 Å². The highest BCUT2D eigenvalue weighted by Gasteiger charge is 2.17. The van der Waals surface area contributed by atoms with E-state index in [1.54, 1.807) is 0 Å². The van der Waals surface area contributed by atoms with Gasteiger partial charge in [0.1, 0.15) is 0 Å². The maximum absolute atomic E-state index is 12.5. The molecule has 3 nitrogen and oxygen atoms in total. The van der Waals surface area contributed by atoms with Crippen LogP contribution in [0.1, 0.15) is 32.8 Å². The fourth-order valence-electron chi connectivity index (χ4n) is 3.02. The van der Waals surface area contributed by atoms with Crippen LogP contribution in [0.4, 0.5) is 5.69 Å². The second-order valence-electron chi connectivity index (χ2n) is 5.87. The van der Waals surface area contributed by atoms with Crippen molar-refractivity contribution < 1.29 is 4.79 Å². The normalized spacial score (nSPS) is 11.2. The monoisotopic (exact) mass is 312 g/mol. The quantitative estimate of drug-likeness (QED) is 0.763. The van der Waals surface area contributed by atoms with Crippen molar-refractivity contribution in [1.82, 2.24) is 4.90 Å². The van der Waals surface area contributed by atoms with Gasteiger partial charge in [-0.25, -0.2) is 0 Å². The molecular formula is C20H28N2O. The average molecular weight is 312 g/mol. The number of hydrogen-bond acceptors (Lipinski definition) is 2. The Morgan fingerprint density at radius 2 is 1.57 bits per heavy atom. The summed E-state index contributed by atoms with van der Waals surface area (Å²) in [5.41, 5.74) is 2.28. The Balaban J connectivity index is 2.40. The number of rotatable bonds is 7. The molecule has 0 N–H and O–H groups in total. The van der Waals surface area contributed by atoms with E-state index in [4.69, 9.17) is 0 Å². The zero-order valence-corrected chi connectivity index (χ0v) is 14.8. The first-order chi connectivity index (χ1) is 11.1. The molecule has 0 saturated heterocycles. The van der Waals surface area contributed by atoms with Crippen molar-refractivity contribution in [2.75, 3.05) is 31.1 Å². The summed E-state index contributed by atoms with van der Waals surface area (Å²) >= 11 is 0. The molecule has 0 aliphatic carbocycles. The van der Waals surface area contributed by atoms with Gasteiger partial charge in [-0.15, -0.1) is 0 Å². The number of carbonyl (C=O) groups excluding carboxylic acids is 1. The molecule has 0 aromatic heterocycles. The van der Waals surface area contributed by atoms with Crippen molar-refractivity contribution in [3.05, 3.63) is 42.0 Å². The lowest BCUT2D eigenvalue weighted by Crippen LogP contribution is -2.38. The summed E-state index contributed by atoms with van der Waals surface area (Å²) in [4.78, 5) is 16.8. The molecule has 2 rings (SSSR count). The molecule has 0 aliphatic heterocycles. The third kappa shape index (κ3) is 3.91. The van der Waals surface area contributed by atoms with Crippen LogP contribution >= 0.6 is 0 Å². The Bertz CT molecular complexity index is 662. The predicted octanol–water partition coefficient (Wildman–Crippen LogP) is 4.23. The summed E-state index contributed by atoms with van der Waals surface area (Å²) in [7, 11) is 0. The van der Waals surface area contributed by atoms with Crippen LogP contribution in [0.3, 0.4) is 0 Å². The van der Waals surface area contributed by atoms with Crippen LogP contribution in [0, 0.1) is 6.92 Å². The third-order valence-electron chi connectivity index (χ3n) is 4.55. The Morgan fingerprint density at radius 1 is 0.913 bits per heavy atom. The largest absolute Gasteiger partial charge is 0.311 e. The SMILES string of the molecule is CCC(=O)N(CCN(CC)CC)c1ccc(C)c2ccccc12. The number of hydrogen-bond donors (Lipinski definition) is 0. The highest BCUT2D eigenvalue weighted by atomic mass is 16.2. The van der Waals surface area contributed by atoms with Crippen LogP contribution in [-0.4, -0.2) is 37.0 Å². The highest BCUT2D eigenvalue weighted by Crippen LogP contribution is 2.29. The molecule has 1 amide bonds. The van der Waals surface area contributed by atoms with Gasteiger partial charge in [-0.1, -0.05) is 51.1 Å². The van der Waals surface area contributed by atoms with E-state index in [1.165, 1.54) is 10.9 Å². The number of fused-ring (bicyclic) bond motifs is 1. The van der Waals surface area contributed by atoms with Crippen LogP contribution in [0.2, 0.25) is 0 Å². The van der Waals surface area contributed by atoms with Gasteiger partial charge in [0.15, 0.2) is 0 Å². The predicted molar refractivity (Wildman–Crippen MR) is 99.1 cm³/mol. The standard InChI is InChI=1S/C20H28N2O/c1-5-20(23)22(15-14-21(6-2)7-3)19-13-12-16(4)17-10-8-9-11-18(17)19/h8-13H,5-7,14-15H2,1-4H3. The summed E-state index contributed by atoms with van der Waals surface area (Å²) in [5, 5.41) is 2.38. The van der Waals surface area contributed by atoms with Crippen molar-refractivity contribution in [2.45, 2.75) is 34.1 Å². The van der Waals surface area contributed by atoms with Gasteiger partial charge < -0.3 is 9.80 Å². The molecule has 0 saturated carbocycles. The van der Waals surface area contributed by atoms with Crippen molar-refractivity contribution in [3.8, 4) is 0 Å². The van der Waals surface area contributed by atoms with Crippen LogP contribution in [0.25, 0.3) is 10.8 Å². The maximum Gasteiger partial charge on any atom is 0.226 e. The smallest absolute Gasteiger partial charge is 0.226 e. The molecule has 2 aromatic carbocycles. The van der Waals surface area contributed by atoms with Gasteiger partial charge in [0.2, 0.25) is 5.91 Å². The van der Waals surface area contributed by atoms with Gasteiger partial charge in [0, 0.05) is 24.9 Å². The second kappa shape index (κ2) is 8.11. The minimum absolute atomic E-state index is 0.186. The van der Waals surface area contributed by atoms with Gasteiger partial charge in [0.25, 0.3) is 0 Å². The minimum Gasteiger partial charge on any atom is -0.311 e. The summed E-state index contributed by atoms with van der Waals surface area (Å²) in [6.07, 6.45) is 0.528. The van der Waals surface area contributed by atoms with E-state index in [1.807, 2.05) is 17.9 Å². The molecule has 0 spiro atoms. The van der Waals surface area contributed by atoms with E-state index in [9.17, 15) is 4.79 Å². The van der Waals surface area contributed by atoms with Gasteiger partial charge in [-0.3, -0.25) is 4.79 Å². The number of amides is 1. The lowest BCUT2D eigenvalue weighted by Gasteiger charge is -2.27. The zero-order valence-electron chi connectivity index (χ0n) is 14.8. The van der Waals surface area contributed by atoms with E-state index < -0.39 is 0 Å². The molecule has 0 atom stereocenters. The molecule has 2 aromatic rings. The molecule has 0 unspecified atom stereocenters. The number of carbonyl (C=O) groups is 1. The van der Waals surface area contributed by atoms with Crippen molar-refractivity contribution in [3.63, 3.8) is 0 Å². The summed E-state index contributed by atoms with van der Waals surface area (Å²) in [5.74, 6) is 0.186. The molecule has 0 bridgehead atoms. The molecule has 23 heavy (non-hydrogen) atoms. The van der Waals surface area contributed by atoms with E-state index in [-0.39, 0.29) is 5.91 Å². The van der Waals surface area contributed by atoms with E-state index in [2.05, 4.69) is 56.0 Å². The lowest BCUT2D eigenvalue weighted by atomic mass is 10.0. The van der Waals surface area contributed by atoms with E-state index in [0.29, 0.717) is 6.42 Å². The van der Waals surface area contributed by atoms with Crippen LogP contribution < -0.4 is 4.90 Å². The Hall–Kier alpha value is -1.87. The van der Waals surface area contributed by atoms with Crippen molar-refractivity contribution in [1.29, 1.82) is 0 Å². The van der Waals surface area contributed by atoms with Gasteiger partial charge in [-0.05, 0) is 37.0 Å². The molecule has 0 radical (unpaired) electrons. The second-order valence-corrected chi connectivity index (χ2v) is 5.87. The first-order valence-electron chi connectivity index (χ1n) is 8.63. The number of nitrogens with zero attached hydrogens (tertiary/aromatic N) is 2.